The van der Waals surface area contributed by atoms with Crippen LogP contribution in [-0.4, -0.2) is 35.2 Å². The summed E-state index contributed by atoms with van der Waals surface area (Å²) in [6.07, 6.45) is 0.355. The van der Waals surface area contributed by atoms with E-state index < -0.39 is 6.36 Å². The van der Waals surface area contributed by atoms with E-state index in [0.717, 1.165) is 31.5 Å². The van der Waals surface area contributed by atoms with Crippen molar-refractivity contribution in [1.82, 2.24) is 9.88 Å². The number of amides is 1. The maximum Gasteiger partial charge on any atom is 0.573 e. The van der Waals surface area contributed by atoms with Crippen LogP contribution in [0, 0.1) is 5.92 Å². The average Bonchev–Trinajstić information content (AvgIpc) is 2.66. The Hall–Kier alpha value is -1.74. The van der Waals surface area contributed by atoms with E-state index >= 15 is 0 Å². The maximum atomic E-state index is 12.7. The van der Waals surface area contributed by atoms with Gasteiger partial charge in [0.15, 0.2) is 0 Å². The summed E-state index contributed by atoms with van der Waals surface area (Å²) in [4.78, 5) is 19.0. The quantitative estimate of drug-likeness (QED) is 0.490. The first-order valence-corrected chi connectivity index (χ1v) is 10.9. The van der Waals surface area contributed by atoms with Crippen LogP contribution in [-0.2, 0) is 5.75 Å². The van der Waals surface area contributed by atoms with Crippen LogP contribution in [0.5, 0.6) is 5.75 Å². The number of pyridine rings is 1. The summed E-state index contributed by atoms with van der Waals surface area (Å²) in [6, 6.07) is 6.25. The lowest BCUT2D eigenvalue weighted by Crippen LogP contribution is -2.37. The molecule has 0 bridgehead atoms. The molecule has 0 radical (unpaired) electrons. The number of aromatic nitrogens is 1. The van der Waals surface area contributed by atoms with Crippen molar-refractivity contribution in [3.05, 3.63) is 52.3 Å². The minimum Gasteiger partial charge on any atom is -0.405 e. The summed E-state index contributed by atoms with van der Waals surface area (Å²) >= 11 is 4.35. The molecule has 0 unspecified atom stereocenters. The fourth-order valence-electron chi connectivity index (χ4n) is 3.04. The highest BCUT2D eigenvalue weighted by molar-refractivity contribution is 9.10. The van der Waals surface area contributed by atoms with E-state index in [9.17, 15) is 18.0 Å². The second kappa shape index (κ2) is 9.38. The van der Waals surface area contributed by atoms with Gasteiger partial charge in [-0.05, 0) is 48.6 Å². The zero-order valence-corrected chi connectivity index (χ0v) is 18.1. The largest absolute Gasteiger partial charge is 0.573 e. The molecule has 3 rings (SSSR count). The summed E-state index contributed by atoms with van der Waals surface area (Å²) in [6.45, 7) is 3.64. The Balaban J connectivity index is 1.69. The molecule has 0 spiro atoms. The Morgan fingerprint density at radius 3 is 2.69 bits per heavy atom. The van der Waals surface area contributed by atoms with Gasteiger partial charge in [-0.25, -0.2) is 0 Å². The van der Waals surface area contributed by atoms with Crippen LogP contribution in [0.25, 0.3) is 0 Å². The molecular formula is C20H20BrF3N2O2S. The molecule has 1 aromatic heterocycles. The first-order valence-electron chi connectivity index (χ1n) is 9.12. The van der Waals surface area contributed by atoms with Crippen molar-refractivity contribution in [3.8, 4) is 5.75 Å². The fourth-order valence-corrected chi connectivity index (χ4v) is 4.27. The first-order chi connectivity index (χ1) is 13.7. The highest BCUT2D eigenvalue weighted by Gasteiger charge is 2.32. The Morgan fingerprint density at radius 2 is 2.00 bits per heavy atom. The molecule has 1 saturated heterocycles. The normalized spacial score (nSPS) is 15.4. The number of halogens is 4. The standard InChI is InChI=1S/C20H20BrF3N2O2S/c1-13-4-6-26(7-5-13)19(27)15-8-14(10-25-11-15)12-29-18-3-2-16(21)9-17(18)28-20(22,23)24/h2-3,8-11,13H,4-7,12H2,1H3. The van der Waals surface area contributed by atoms with Crippen LogP contribution >= 0.6 is 27.7 Å². The molecule has 156 valence electrons. The third-order valence-corrected chi connectivity index (χ3v) is 6.26. The monoisotopic (exact) mass is 488 g/mol. The molecular weight excluding hydrogens is 469 g/mol. The highest BCUT2D eigenvalue weighted by Crippen LogP contribution is 2.37. The highest BCUT2D eigenvalue weighted by atomic mass is 79.9. The minimum atomic E-state index is -4.77. The summed E-state index contributed by atoms with van der Waals surface area (Å²) in [5, 5.41) is 0. The number of thioether (sulfide) groups is 1. The lowest BCUT2D eigenvalue weighted by atomic mass is 9.99. The zero-order valence-electron chi connectivity index (χ0n) is 15.7. The van der Waals surface area contributed by atoms with Gasteiger partial charge in [-0.1, -0.05) is 22.9 Å². The van der Waals surface area contributed by atoms with Crippen LogP contribution in [0.2, 0.25) is 0 Å². The van der Waals surface area contributed by atoms with Gasteiger partial charge in [0.05, 0.1) is 10.5 Å². The number of hydrogen-bond acceptors (Lipinski definition) is 4. The van der Waals surface area contributed by atoms with Crippen molar-refractivity contribution in [3.63, 3.8) is 0 Å². The van der Waals surface area contributed by atoms with Crippen molar-refractivity contribution in [2.75, 3.05) is 13.1 Å². The maximum absolute atomic E-state index is 12.7. The molecule has 29 heavy (non-hydrogen) atoms. The molecule has 2 aromatic rings. The molecule has 2 heterocycles. The number of alkyl halides is 3. The first kappa shape index (κ1) is 22.0. The van der Waals surface area contributed by atoms with Gasteiger partial charge in [-0.3, -0.25) is 9.78 Å². The van der Waals surface area contributed by atoms with Gasteiger partial charge in [-0.2, -0.15) is 0 Å². The predicted molar refractivity (Wildman–Crippen MR) is 109 cm³/mol. The number of rotatable bonds is 5. The Labute approximate surface area is 180 Å². The van der Waals surface area contributed by atoms with Gasteiger partial charge in [0.2, 0.25) is 0 Å². The average molecular weight is 489 g/mol. The number of carbonyl (C=O) groups excluding carboxylic acids is 1. The topological polar surface area (TPSA) is 42.4 Å². The lowest BCUT2D eigenvalue weighted by molar-refractivity contribution is -0.275. The molecule has 1 amide bonds. The number of carbonyl (C=O) groups is 1. The molecule has 1 aromatic carbocycles. The molecule has 9 heteroatoms. The van der Waals surface area contributed by atoms with Crippen molar-refractivity contribution in [2.24, 2.45) is 5.92 Å². The van der Waals surface area contributed by atoms with Crippen molar-refractivity contribution >= 4 is 33.6 Å². The van der Waals surface area contributed by atoms with E-state index in [2.05, 4.69) is 32.6 Å². The van der Waals surface area contributed by atoms with E-state index in [-0.39, 0.29) is 11.7 Å². The number of likely N-dealkylation sites (tertiary alicyclic amines) is 1. The third-order valence-electron chi connectivity index (χ3n) is 4.64. The second-order valence-electron chi connectivity index (χ2n) is 6.98. The van der Waals surface area contributed by atoms with E-state index in [1.807, 2.05) is 4.90 Å². The Morgan fingerprint density at radius 1 is 1.28 bits per heavy atom. The van der Waals surface area contributed by atoms with Crippen LogP contribution in [0.15, 0.2) is 46.0 Å². The van der Waals surface area contributed by atoms with Gasteiger partial charge < -0.3 is 9.64 Å². The minimum absolute atomic E-state index is 0.0546. The second-order valence-corrected chi connectivity index (χ2v) is 8.92. The van der Waals surface area contributed by atoms with Crippen LogP contribution in [0.4, 0.5) is 13.2 Å². The third kappa shape index (κ3) is 6.37. The lowest BCUT2D eigenvalue weighted by Gasteiger charge is -2.30. The van der Waals surface area contributed by atoms with Gasteiger partial charge >= 0.3 is 6.36 Å². The molecule has 1 aliphatic heterocycles. The number of benzene rings is 1. The molecule has 0 atom stereocenters. The molecule has 0 saturated carbocycles. The molecule has 1 aliphatic rings. The van der Waals surface area contributed by atoms with Crippen molar-refractivity contribution in [2.45, 2.75) is 36.8 Å². The van der Waals surface area contributed by atoms with Crippen molar-refractivity contribution < 1.29 is 22.7 Å². The van der Waals surface area contributed by atoms with Crippen LogP contribution in [0.1, 0.15) is 35.7 Å². The molecule has 0 aliphatic carbocycles. The van der Waals surface area contributed by atoms with E-state index in [1.165, 1.54) is 24.0 Å². The molecule has 4 nitrogen and oxygen atoms in total. The smallest absolute Gasteiger partial charge is 0.405 e. The molecule has 0 N–H and O–H groups in total. The predicted octanol–water partition coefficient (Wildman–Crippen LogP) is 5.91. The number of ether oxygens (including phenoxy) is 1. The summed E-state index contributed by atoms with van der Waals surface area (Å²) < 4.78 is 42.6. The van der Waals surface area contributed by atoms with Crippen LogP contribution in [0.3, 0.4) is 0 Å². The summed E-state index contributed by atoms with van der Waals surface area (Å²) in [7, 11) is 0. The summed E-state index contributed by atoms with van der Waals surface area (Å²) in [5.74, 6) is 0.667. The SMILES string of the molecule is CC1CCN(C(=O)c2cncc(CSc3ccc(Br)cc3OC(F)(F)F)c2)CC1. The molecule has 1 fully saturated rings. The fraction of sp³-hybridized carbons (Fsp3) is 0.400. The number of piperidine rings is 1. The number of nitrogens with zero attached hydrogens (tertiary/aromatic N) is 2. The van der Waals surface area contributed by atoms with Gasteiger partial charge in [0, 0.05) is 35.7 Å². The zero-order chi connectivity index (χ0) is 21.0. The van der Waals surface area contributed by atoms with E-state index in [4.69, 9.17) is 0 Å². The van der Waals surface area contributed by atoms with Crippen molar-refractivity contribution in [1.29, 1.82) is 0 Å². The summed E-state index contributed by atoms with van der Waals surface area (Å²) in [5.41, 5.74) is 1.26. The van der Waals surface area contributed by atoms with Gasteiger partial charge in [-0.15, -0.1) is 24.9 Å². The van der Waals surface area contributed by atoms with Crippen LogP contribution < -0.4 is 4.74 Å². The van der Waals surface area contributed by atoms with Gasteiger partial charge in [0.25, 0.3) is 5.91 Å². The van der Waals surface area contributed by atoms with Gasteiger partial charge in [0.1, 0.15) is 5.75 Å². The Bertz CT molecular complexity index is 871. The van der Waals surface area contributed by atoms with E-state index in [0.29, 0.717) is 26.6 Å². The number of hydrogen-bond donors (Lipinski definition) is 0. The Kier molecular flexibility index (Phi) is 7.10. The van der Waals surface area contributed by atoms with E-state index in [1.54, 1.807) is 24.4 Å².